The summed E-state index contributed by atoms with van der Waals surface area (Å²) in [6.45, 7) is 5.80. The average molecular weight is 311 g/mol. The van der Waals surface area contributed by atoms with Gasteiger partial charge in [0, 0.05) is 13.1 Å². The first-order chi connectivity index (χ1) is 9.67. The molecule has 0 saturated carbocycles. The zero-order valence-corrected chi connectivity index (χ0v) is 13.4. The number of carbonyl (C=O) groups is 1. The third-order valence-corrected chi connectivity index (χ3v) is 6.14. The number of nitrogens with zero attached hydrogens (tertiary/aromatic N) is 1. The van der Waals surface area contributed by atoms with Gasteiger partial charge in [0.15, 0.2) is 0 Å². The van der Waals surface area contributed by atoms with Gasteiger partial charge in [0.2, 0.25) is 10.0 Å². The van der Waals surface area contributed by atoms with Crippen LogP contribution in [0.1, 0.15) is 30.9 Å². The number of carboxylic acids is 1. The third kappa shape index (κ3) is 2.96. The number of rotatable bonds is 3. The normalized spacial score (nSPS) is 24.0. The Morgan fingerprint density at radius 3 is 2.52 bits per heavy atom. The molecule has 1 aromatic rings. The zero-order chi connectivity index (χ0) is 15.8. The number of carboxylic acid groups (broad SMARTS) is 1. The van der Waals surface area contributed by atoms with Crippen molar-refractivity contribution >= 4 is 16.0 Å². The minimum atomic E-state index is -3.64. The van der Waals surface area contributed by atoms with E-state index in [0.717, 1.165) is 11.1 Å². The summed E-state index contributed by atoms with van der Waals surface area (Å²) in [5, 5.41) is 9.31. The molecule has 1 aromatic carbocycles. The van der Waals surface area contributed by atoms with Gasteiger partial charge in [-0.2, -0.15) is 4.31 Å². The number of hydrogen-bond acceptors (Lipinski definition) is 3. The molecule has 5 nitrogen and oxygen atoms in total. The van der Waals surface area contributed by atoms with Crippen LogP contribution in [0.15, 0.2) is 23.1 Å². The first kappa shape index (κ1) is 16.0. The Labute approximate surface area is 125 Å². The molecule has 116 valence electrons. The Morgan fingerprint density at radius 1 is 1.29 bits per heavy atom. The number of benzene rings is 1. The van der Waals surface area contributed by atoms with Gasteiger partial charge >= 0.3 is 5.97 Å². The number of sulfonamides is 1. The Morgan fingerprint density at radius 2 is 1.95 bits per heavy atom. The van der Waals surface area contributed by atoms with Crippen LogP contribution < -0.4 is 0 Å². The fourth-order valence-electron chi connectivity index (χ4n) is 2.60. The summed E-state index contributed by atoms with van der Waals surface area (Å²) in [5.41, 5.74) is 0.933. The van der Waals surface area contributed by atoms with Crippen molar-refractivity contribution in [3.63, 3.8) is 0 Å². The van der Waals surface area contributed by atoms with Crippen LogP contribution in [0.5, 0.6) is 0 Å². The largest absolute Gasteiger partial charge is 0.481 e. The van der Waals surface area contributed by atoms with Gasteiger partial charge in [0.1, 0.15) is 0 Å². The van der Waals surface area contributed by atoms with E-state index in [2.05, 4.69) is 0 Å². The van der Waals surface area contributed by atoms with Crippen molar-refractivity contribution in [2.75, 3.05) is 13.1 Å². The van der Waals surface area contributed by atoms with Gasteiger partial charge in [-0.1, -0.05) is 6.07 Å². The van der Waals surface area contributed by atoms with Crippen molar-refractivity contribution in [2.45, 2.75) is 38.5 Å². The van der Waals surface area contributed by atoms with Gasteiger partial charge in [-0.3, -0.25) is 4.79 Å². The van der Waals surface area contributed by atoms with Crippen LogP contribution in [-0.2, 0) is 14.8 Å². The highest BCUT2D eigenvalue weighted by Crippen LogP contribution is 2.33. The van der Waals surface area contributed by atoms with Crippen molar-refractivity contribution in [3.8, 4) is 0 Å². The summed E-state index contributed by atoms with van der Waals surface area (Å²) in [6, 6.07) is 5.02. The molecular formula is C15H21NO4S. The molecule has 1 unspecified atom stereocenters. The van der Waals surface area contributed by atoms with Crippen LogP contribution >= 0.6 is 0 Å². The molecule has 21 heavy (non-hydrogen) atoms. The second-order valence-electron chi connectivity index (χ2n) is 6.05. The molecule has 1 fully saturated rings. The van der Waals surface area contributed by atoms with Gasteiger partial charge in [0.05, 0.1) is 10.3 Å². The number of hydrogen-bond donors (Lipinski definition) is 1. The van der Waals surface area contributed by atoms with E-state index in [1.165, 1.54) is 4.31 Å². The van der Waals surface area contributed by atoms with E-state index < -0.39 is 21.4 Å². The Hall–Kier alpha value is -1.40. The molecule has 1 heterocycles. The fourth-order valence-corrected chi connectivity index (χ4v) is 4.28. The minimum absolute atomic E-state index is 0.0254. The monoisotopic (exact) mass is 311 g/mol. The molecule has 1 saturated heterocycles. The quantitative estimate of drug-likeness (QED) is 0.928. The lowest BCUT2D eigenvalue weighted by Gasteiger charge is -2.36. The predicted molar refractivity (Wildman–Crippen MR) is 79.7 cm³/mol. The maximum Gasteiger partial charge on any atom is 0.310 e. The highest BCUT2D eigenvalue weighted by Gasteiger charge is 2.42. The lowest BCUT2D eigenvalue weighted by Crippen LogP contribution is -2.48. The number of aryl methyl sites for hydroxylation is 2. The zero-order valence-electron chi connectivity index (χ0n) is 12.6. The molecule has 1 N–H and O–H groups in total. The van der Waals surface area contributed by atoms with Crippen LogP contribution in [0, 0.1) is 19.3 Å². The smallest absolute Gasteiger partial charge is 0.310 e. The van der Waals surface area contributed by atoms with Crippen molar-refractivity contribution in [3.05, 3.63) is 29.3 Å². The molecule has 1 aliphatic heterocycles. The number of piperidine rings is 1. The van der Waals surface area contributed by atoms with Gasteiger partial charge in [-0.05, 0) is 56.9 Å². The standard InChI is InChI=1S/C15H21NO4S/c1-11-5-6-13(9-12(11)2)21(19,20)16-8-4-7-15(3,10-16)14(17)18/h5-6,9H,4,7-8,10H2,1-3H3,(H,17,18). The summed E-state index contributed by atoms with van der Waals surface area (Å²) >= 11 is 0. The molecule has 0 radical (unpaired) electrons. The molecular weight excluding hydrogens is 290 g/mol. The lowest BCUT2D eigenvalue weighted by molar-refractivity contribution is -0.150. The molecule has 6 heteroatoms. The Balaban J connectivity index is 2.35. The van der Waals surface area contributed by atoms with Crippen LogP contribution in [0.4, 0.5) is 0 Å². The molecule has 0 bridgehead atoms. The van der Waals surface area contributed by atoms with E-state index in [1.807, 2.05) is 13.8 Å². The summed E-state index contributed by atoms with van der Waals surface area (Å²) in [4.78, 5) is 11.6. The number of aliphatic carboxylic acids is 1. The van der Waals surface area contributed by atoms with Crippen LogP contribution in [-0.4, -0.2) is 36.9 Å². The van der Waals surface area contributed by atoms with E-state index in [1.54, 1.807) is 25.1 Å². The van der Waals surface area contributed by atoms with Crippen molar-refractivity contribution in [1.29, 1.82) is 0 Å². The molecule has 1 aliphatic rings. The first-order valence-electron chi connectivity index (χ1n) is 6.98. The van der Waals surface area contributed by atoms with Gasteiger partial charge in [-0.15, -0.1) is 0 Å². The molecule has 1 atom stereocenters. The van der Waals surface area contributed by atoms with E-state index in [4.69, 9.17) is 0 Å². The highest BCUT2D eigenvalue weighted by atomic mass is 32.2. The minimum Gasteiger partial charge on any atom is -0.481 e. The second kappa shape index (κ2) is 5.42. The van der Waals surface area contributed by atoms with Gasteiger partial charge in [0.25, 0.3) is 0 Å². The fraction of sp³-hybridized carbons (Fsp3) is 0.533. The van der Waals surface area contributed by atoms with E-state index in [9.17, 15) is 18.3 Å². The van der Waals surface area contributed by atoms with Crippen molar-refractivity contribution < 1.29 is 18.3 Å². The van der Waals surface area contributed by atoms with E-state index in [0.29, 0.717) is 19.4 Å². The SMILES string of the molecule is Cc1ccc(S(=O)(=O)N2CCCC(C)(C(=O)O)C2)cc1C. The average Bonchev–Trinajstić information content (AvgIpc) is 2.41. The molecule has 2 rings (SSSR count). The topological polar surface area (TPSA) is 74.7 Å². The lowest BCUT2D eigenvalue weighted by atomic mass is 9.83. The van der Waals surface area contributed by atoms with Crippen LogP contribution in [0.2, 0.25) is 0 Å². The van der Waals surface area contributed by atoms with Gasteiger partial charge < -0.3 is 5.11 Å². The van der Waals surface area contributed by atoms with Gasteiger partial charge in [-0.25, -0.2) is 8.42 Å². The maximum atomic E-state index is 12.7. The predicted octanol–water partition coefficient (Wildman–Crippen LogP) is 2.18. The van der Waals surface area contributed by atoms with Crippen LogP contribution in [0.25, 0.3) is 0 Å². The Kier molecular flexibility index (Phi) is 4.13. The summed E-state index contributed by atoms with van der Waals surface area (Å²) in [5.74, 6) is -0.942. The third-order valence-electron chi connectivity index (χ3n) is 4.29. The van der Waals surface area contributed by atoms with Crippen molar-refractivity contribution in [2.24, 2.45) is 5.41 Å². The summed E-state index contributed by atoms with van der Waals surface area (Å²) in [6.07, 6.45) is 1.06. The molecule has 0 amide bonds. The van der Waals surface area contributed by atoms with Crippen molar-refractivity contribution in [1.82, 2.24) is 4.31 Å². The van der Waals surface area contributed by atoms with E-state index >= 15 is 0 Å². The molecule has 0 aliphatic carbocycles. The summed E-state index contributed by atoms with van der Waals surface area (Å²) < 4.78 is 26.7. The Bertz CT molecular complexity index is 668. The van der Waals surface area contributed by atoms with Crippen LogP contribution in [0.3, 0.4) is 0 Å². The highest BCUT2D eigenvalue weighted by molar-refractivity contribution is 7.89. The molecule has 0 spiro atoms. The van der Waals surface area contributed by atoms with E-state index in [-0.39, 0.29) is 11.4 Å². The maximum absolute atomic E-state index is 12.7. The molecule has 0 aromatic heterocycles. The summed E-state index contributed by atoms with van der Waals surface area (Å²) in [7, 11) is -3.64. The second-order valence-corrected chi connectivity index (χ2v) is 7.99. The first-order valence-corrected chi connectivity index (χ1v) is 8.42.